The lowest BCUT2D eigenvalue weighted by atomic mass is 10.0. The molecule has 1 aromatic rings. The normalized spacial score (nSPS) is 18.1. The zero-order valence-electron chi connectivity index (χ0n) is 17.1. The molecule has 26 heavy (non-hydrogen) atoms. The summed E-state index contributed by atoms with van der Waals surface area (Å²) < 4.78 is 5.68. The molecule has 1 amide bonds. The number of likely N-dealkylation sites (tertiary alicyclic amines) is 1. The summed E-state index contributed by atoms with van der Waals surface area (Å²) in [6.07, 6.45) is 6.88. The van der Waals surface area contributed by atoms with E-state index in [1.54, 1.807) is 11.1 Å². The topological polar surface area (TPSA) is 45.7 Å². The van der Waals surface area contributed by atoms with Gasteiger partial charge in [0.15, 0.2) is 0 Å². The number of aromatic nitrogens is 1. The van der Waals surface area contributed by atoms with E-state index in [1.807, 2.05) is 26.8 Å². The zero-order chi connectivity index (χ0) is 19.2. The smallest absolute Gasteiger partial charge is 0.416 e. The third-order valence-corrected chi connectivity index (χ3v) is 4.66. The summed E-state index contributed by atoms with van der Waals surface area (Å²) in [6, 6.07) is 4.45. The number of carbonyl (C=O) groups is 1. The van der Waals surface area contributed by atoms with Gasteiger partial charge in [0.1, 0.15) is 11.4 Å². The molecule has 0 N–H and O–H groups in total. The number of nitrogens with zero attached hydrogens (tertiary/aromatic N) is 3. The lowest BCUT2D eigenvalue weighted by Crippen LogP contribution is -2.39. The van der Waals surface area contributed by atoms with E-state index in [0.717, 1.165) is 50.2 Å². The van der Waals surface area contributed by atoms with Crippen LogP contribution in [0, 0.1) is 0 Å². The van der Waals surface area contributed by atoms with Gasteiger partial charge in [0, 0.05) is 24.3 Å². The Morgan fingerprint density at radius 1 is 1.35 bits per heavy atom. The van der Waals surface area contributed by atoms with Gasteiger partial charge in [0.05, 0.1) is 0 Å². The fourth-order valence-corrected chi connectivity index (χ4v) is 3.55. The van der Waals surface area contributed by atoms with Gasteiger partial charge in [-0.05, 0) is 65.6 Å². The van der Waals surface area contributed by atoms with Crippen molar-refractivity contribution in [2.24, 2.45) is 0 Å². The molecule has 5 heteroatoms. The Morgan fingerprint density at radius 2 is 2.12 bits per heavy atom. The molecule has 0 aliphatic carbocycles. The summed E-state index contributed by atoms with van der Waals surface area (Å²) >= 11 is 0. The van der Waals surface area contributed by atoms with E-state index in [0.29, 0.717) is 12.6 Å². The Kier molecular flexibility index (Phi) is 7.44. The van der Waals surface area contributed by atoms with E-state index in [9.17, 15) is 4.79 Å². The van der Waals surface area contributed by atoms with Gasteiger partial charge in [-0.3, -0.25) is 9.80 Å². The molecule has 5 nitrogen and oxygen atoms in total. The molecule has 2 heterocycles. The fraction of sp³-hybridized carbons (Fsp3) is 0.714. The number of amides is 1. The number of unbranched alkanes of at least 4 members (excludes halogenated alkanes) is 1. The third kappa shape index (κ3) is 5.44. The van der Waals surface area contributed by atoms with Crippen molar-refractivity contribution in [2.45, 2.75) is 78.4 Å². The van der Waals surface area contributed by atoms with Crippen molar-refractivity contribution >= 4 is 11.9 Å². The predicted molar refractivity (Wildman–Crippen MR) is 107 cm³/mol. The molecule has 1 atom stereocenters. The lowest BCUT2D eigenvalue weighted by Gasteiger charge is -2.31. The molecular weight excluding hydrogens is 326 g/mol. The number of pyridine rings is 1. The number of hydrogen-bond acceptors (Lipinski definition) is 4. The molecule has 1 aromatic heterocycles. The Bertz CT molecular complexity index is 583. The number of anilines is 1. The van der Waals surface area contributed by atoms with Crippen LogP contribution in [0.2, 0.25) is 0 Å². The largest absolute Gasteiger partial charge is 0.443 e. The first kappa shape index (κ1) is 20.7. The second-order valence-electron chi connectivity index (χ2n) is 8.10. The van der Waals surface area contributed by atoms with E-state index >= 15 is 0 Å². The van der Waals surface area contributed by atoms with Crippen LogP contribution in [-0.2, 0) is 4.74 Å². The van der Waals surface area contributed by atoms with Crippen LogP contribution in [0.3, 0.4) is 0 Å². The Balaban J connectivity index is 2.34. The highest BCUT2D eigenvalue weighted by Crippen LogP contribution is 2.36. The van der Waals surface area contributed by atoms with Crippen LogP contribution >= 0.6 is 0 Å². The molecule has 2 rings (SSSR count). The van der Waals surface area contributed by atoms with E-state index in [1.165, 1.54) is 6.42 Å². The zero-order valence-corrected chi connectivity index (χ0v) is 17.1. The van der Waals surface area contributed by atoms with Crippen LogP contribution in [0.1, 0.15) is 78.3 Å². The lowest BCUT2D eigenvalue weighted by molar-refractivity contribution is 0.0578. The summed E-state index contributed by atoms with van der Waals surface area (Å²) in [4.78, 5) is 21.8. The van der Waals surface area contributed by atoms with E-state index in [4.69, 9.17) is 4.74 Å². The van der Waals surface area contributed by atoms with Gasteiger partial charge in [0.2, 0.25) is 0 Å². The minimum Gasteiger partial charge on any atom is -0.443 e. The van der Waals surface area contributed by atoms with Gasteiger partial charge in [-0.2, -0.15) is 0 Å². The first-order valence-electron chi connectivity index (χ1n) is 10.1. The van der Waals surface area contributed by atoms with Gasteiger partial charge in [-0.25, -0.2) is 9.78 Å². The molecule has 1 unspecified atom stereocenters. The highest BCUT2D eigenvalue weighted by Gasteiger charge is 2.32. The fourth-order valence-electron chi connectivity index (χ4n) is 3.55. The molecule has 0 spiro atoms. The predicted octanol–water partition coefficient (Wildman–Crippen LogP) is 5.17. The average molecular weight is 362 g/mol. The molecule has 1 fully saturated rings. The maximum atomic E-state index is 12.9. The monoisotopic (exact) mass is 361 g/mol. The van der Waals surface area contributed by atoms with Crippen molar-refractivity contribution in [1.82, 2.24) is 9.88 Å². The van der Waals surface area contributed by atoms with Crippen LogP contribution in [0.4, 0.5) is 10.6 Å². The summed E-state index contributed by atoms with van der Waals surface area (Å²) in [5.74, 6) is 0.767. The quantitative estimate of drug-likeness (QED) is 0.672. The van der Waals surface area contributed by atoms with Gasteiger partial charge < -0.3 is 4.74 Å². The van der Waals surface area contributed by atoms with Crippen molar-refractivity contribution < 1.29 is 9.53 Å². The molecule has 0 radical (unpaired) electrons. The SMILES string of the molecule is CCCCN(C(=O)OC(C)(C)C)c1ncccc1C1CCCN1CCC. The summed E-state index contributed by atoms with van der Waals surface area (Å²) in [5.41, 5.74) is 0.637. The minimum absolute atomic E-state index is 0.300. The van der Waals surface area contributed by atoms with Gasteiger partial charge in [0.25, 0.3) is 0 Å². The van der Waals surface area contributed by atoms with Gasteiger partial charge >= 0.3 is 6.09 Å². The second-order valence-corrected chi connectivity index (χ2v) is 8.10. The van der Waals surface area contributed by atoms with E-state index in [-0.39, 0.29) is 6.09 Å². The standard InChI is InChI=1S/C21H35N3O2/c1-6-8-16-24(20(25)26-21(3,4)5)19-17(11-9-13-22-19)18-12-10-15-23(18)14-7-2/h9,11,13,18H,6-8,10,12,14-16H2,1-5H3. The van der Waals surface area contributed by atoms with Crippen LogP contribution in [0.25, 0.3) is 0 Å². The number of ether oxygens (including phenoxy) is 1. The Hall–Kier alpha value is -1.62. The van der Waals surface area contributed by atoms with Crippen molar-refractivity contribution in [3.63, 3.8) is 0 Å². The van der Waals surface area contributed by atoms with Crippen LogP contribution in [0.5, 0.6) is 0 Å². The number of carbonyl (C=O) groups excluding carboxylic acids is 1. The van der Waals surface area contributed by atoms with Crippen molar-refractivity contribution in [3.8, 4) is 0 Å². The van der Waals surface area contributed by atoms with Crippen LogP contribution in [0.15, 0.2) is 18.3 Å². The highest BCUT2D eigenvalue weighted by molar-refractivity contribution is 5.87. The van der Waals surface area contributed by atoms with Crippen molar-refractivity contribution in [2.75, 3.05) is 24.5 Å². The van der Waals surface area contributed by atoms with Gasteiger partial charge in [-0.15, -0.1) is 0 Å². The second kappa shape index (κ2) is 9.36. The molecule has 1 saturated heterocycles. The maximum Gasteiger partial charge on any atom is 0.416 e. The third-order valence-electron chi connectivity index (χ3n) is 4.66. The van der Waals surface area contributed by atoms with E-state index in [2.05, 4.69) is 29.8 Å². The van der Waals surface area contributed by atoms with Crippen LogP contribution < -0.4 is 4.90 Å². The molecule has 1 aliphatic rings. The van der Waals surface area contributed by atoms with Crippen molar-refractivity contribution in [3.05, 3.63) is 23.9 Å². The average Bonchev–Trinajstić information content (AvgIpc) is 3.02. The summed E-state index contributed by atoms with van der Waals surface area (Å²) in [7, 11) is 0. The summed E-state index contributed by atoms with van der Waals surface area (Å²) in [5, 5.41) is 0. The van der Waals surface area contributed by atoms with Crippen molar-refractivity contribution in [1.29, 1.82) is 0 Å². The number of hydrogen-bond donors (Lipinski definition) is 0. The highest BCUT2D eigenvalue weighted by atomic mass is 16.6. The first-order valence-corrected chi connectivity index (χ1v) is 10.1. The molecule has 0 aromatic carbocycles. The molecule has 0 saturated carbocycles. The molecular formula is C21H35N3O2. The number of rotatable bonds is 7. The maximum absolute atomic E-state index is 12.9. The summed E-state index contributed by atoms with van der Waals surface area (Å²) in [6.45, 7) is 12.9. The Morgan fingerprint density at radius 3 is 2.77 bits per heavy atom. The Labute approximate surface area is 158 Å². The van der Waals surface area contributed by atoms with Crippen LogP contribution in [-0.4, -0.2) is 41.2 Å². The van der Waals surface area contributed by atoms with Gasteiger partial charge in [-0.1, -0.05) is 26.3 Å². The minimum atomic E-state index is -0.516. The molecule has 0 bridgehead atoms. The first-order chi connectivity index (χ1) is 12.4. The van der Waals surface area contributed by atoms with E-state index < -0.39 is 5.60 Å². The molecule has 1 aliphatic heterocycles. The molecule has 146 valence electrons.